The summed E-state index contributed by atoms with van der Waals surface area (Å²) in [4.78, 5) is 54.9. The SMILES string of the molecule is CC[C@H](C)NC(=O)NC(=O)COC(=O)c1sc2nc(C)[nH]c(=O)c2c1C. The van der Waals surface area contributed by atoms with Crippen LogP contribution in [0.15, 0.2) is 4.79 Å². The van der Waals surface area contributed by atoms with E-state index in [-0.39, 0.29) is 16.5 Å². The van der Waals surface area contributed by atoms with E-state index in [9.17, 15) is 19.2 Å². The monoisotopic (exact) mass is 380 g/mol. The van der Waals surface area contributed by atoms with Gasteiger partial charge in [0.2, 0.25) is 0 Å². The molecule has 0 unspecified atom stereocenters. The van der Waals surface area contributed by atoms with Gasteiger partial charge in [-0.2, -0.15) is 0 Å². The zero-order chi connectivity index (χ0) is 19.4. The van der Waals surface area contributed by atoms with Crippen LogP contribution < -0.4 is 16.2 Å². The minimum absolute atomic E-state index is 0.0828. The highest BCUT2D eigenvalue weighted by Gasteiger charge is 2.21. The van der Waals surface area contributed by atoms with Crippen LogP contribution in [0.3, 0.4) is 0 Å². The summed E-state index contributed by atoms with van der Waals surface area (Å²) in [6, 6.07) is -0.731. The van der Waals surface area contributed by atoms with Crippen molar-refractivity contribution in [2.24, 2.45) is 0 Å². The number of esters is 1. The highest BCUT2D eigenvalue weighted by atomic mass is 32.1. The molecule has 0 saturated carbocycles. The Balaban J connectivity index is 2.02. The van der Waals surface area contributed by atoms with Crippen LogP contribution in [0.1, 0.15) is 41.3 Å². The number of aromatic nitrogens is 2. The lowest BCUT2D eigenvalue weighted by atomic mass is 10.2. The Hall–Kier alpha value is -2.75. The molecule has 2 heterocycles. The molecule has 0 saturated heterocycles. The topological polar surface area (TPSA) is 130 Å². The molecule has 0 fully saturated rings. The molecule has 0 aliphatic heterocycles. The fraction of sp³-hybridized carbons (Fsp3) is 0.438. The second-order valence-electron chi connectivity index (χ2n) is 5.79. The number of aromatic amines is 1. The molecule has 0 radical (unpaired) electrons. The Labute approximate surface area is 153 Å². The van der Waals surface area contributed by atoms with Crippen molar-refractivity contribution in [3.05, 3.63) is 26.6 Å². The van der Waals surface area contributed by atoms with Crippen LogP contribution in [0.2, 0.25) is 0 Å². The first kappa shape index (κ1) is 19.6. The molecule has 0 aliphatic carbocycles. The molecule has 2 aromatic rings. The van der Waals surface area contributed by atoms with Crippen molar-refractivity contribution in [1.82, 2.24) is 20.6 Å². The van der Waals surface area contributed by atoms with Gasteiger partial charge in [-0.3, -0.25) is 14.9 Å². The highest BCUT2D eigenvalue weighted by molar-refractivity contribution is 7.20. The number of hydrogen-bond acceptors (Lipinski definition) is 7. The van der Waals surface area contributed by atoms with Gasteiger partial charge in [0.25, 0.3) is 11.5 Å². The summed E-state index contributed by atoms with van der Waals surface area (Å²) in [5.74, 6) is -1.06. The van der Waals surface area contributed by atoms with Gasteiger partial charge in [-0.1, -0.05) is 6.92 Å². The van der Waals surface area contributed by atoms with Gasteiger partial charge in [0.15, 0.2) is 6.61 Å². The average molecular weight is 380 g/mol. The summed E-state index contributed by atoms with van der Waals surface area (Å²) in [7, 11) is 0. The first-order valence-electron chi connectivity index (χ1n) is 8.00. The van der Waals surface area contributed by atoms with Crippen molar-refractivity contribution in [3.8, 4) is 0 Å². The van der Waals surface area contributed by atoms with Gasteiger partial charge in [0, 0.05) is 6.04 Å². The lowest BCUT2D eigenvalue weighted by Crippen LogP contribution is -2.44. The fourth-order valence-electron chi connectivity index (χ4n) is 2.17. The summed E-state index contributed by atoms with van der Waals surface area (Å²) in [6.07, 6.45) is 0.717. The molecule has 0 bridgehead atoms. The van der Waals surface area contributed by atoms with Crippen LogP contribution in [0.25, 0.3) is 10.2 Å². The van der Waals surface area contributed by atoms with Crippen molar-refractivity contribution in [2.75, 3.05) is 6.61 Å². The van der Waals surface area contributed by atoms with E-state index in [1.807, 2.05) is 6.92 Å². The number of imide groups is 1. The molecule has 10 heteroatoms. The summed E-state index contributed by atoms with van der Waals surface area (Å²) in [5.41, 5.74) is 0.110. The van der Waals surface area contributed by atoms with Crippen LogP contribution in [0.5, 0.6) is 0 Å². The number of nitrogens with one attached hydrogen (secondary N) is 3. The average Bonchev–Trinajstić information content (AvgIpc) is 2.89. The smallest absolute Gasteiger partial charge is 0.349 e. The summed E-state index contributed by atoms with van der Waals surface area (Å²) < 4.78 is 4.94. The quantitative estimate of drug-likeness (QED) is 0.672. The van der Waals surface area contributed by atoms with Gasteiger partial charge in [-0.15, -0.1) is 11.3 Å². The number of urea groups is 1. The lowest BCUT2D eigenvalue weighted by molar-refractivity contribution is -0.123. The van der Waals surface area contributed by atoms with Gasteiger partial charge >= 0.3 is 12.0 Å². The number of hydrogen-bond donors (Lipinski definition) is 3. The maximum atomic E-state index is 12.2. The molecule has 0 aromatic carbocycles. The predicted molar refractivity (Wildman–Crippen MR) is 96.4 cm³/mol. The predicted octanol–water partition coefficient (Wildman–Crippen LogP) is 1.38. The van der Waals surface area contributed by atoms with E-state index in [0.29, 0.717) is 28.0 Å². The molecule has 0 spiro atoms. The molecule has 3 N–H and O–H groups in total. The molecule has 3 amide bonds. The number of H-pyrrole nitrogens is 1. The van der Waals surface area contributed by atoms with E-state index in [4.69, 9.17) is 4.74 Å². The Morgan fingerprint density at radius 3 is 2.65 bits per heavy atom. The zero-order valence-electron chi connectivity index (χ0n) is 14.9. The molecule has 0 aliphatic rings. The Bertz CT molecular complexity index is 917. The fourth-order valence-corrected chi connectivity index (χ4v) is 3.29. The van der Waals surface area contributed by atoms with Gasteiger partial charge < -0.3 is 15.0 Å². The number of carbonyl (C=O) groups excluding carboxylic acids is 3. The molecule has 2 aromatic heterocycles. The van der Waals surface area contributed by atoms with Gasteiger partial charge in [0.05, 0.1) is 5.39 Å². The van der Waals surface area contributed by atoms with Crippen LogP contribution in [-0.2, 0) is 9.53 Å². The third kappa shape index (κ3) is 4.45. The first-order valence-corrected chi connectivity index (χ1v) is 8.82. The number of ether oxygens (including phenoxy) is 1. The van der Waals surface area contributed by atoms with Gasteiger partial charge in [0.1, 0.15) is 15.5 Å². The zero-order valence-corrected chi connectivity index (χ0v) is 15.7. The summed E-state index contributed by atoms with van der Waals surface area (Å²) >= 11 is 1.02. The van der Waals surface area contributed by atoms with Crippen molar-refractivity contribution < 1.29 is 19.1 Å². The van der Waals surface area contributed by atoms with E-state index in [0.717, 1.165) is 11.3 Å². The van der Waals surface area contributed by atoms with Gasteiger partial charge in [-0.05, 0) is 32.8 Å². The van der Waals surface area contributed by atoms with E-state index in [1.54, 1.807) is 20.8 Å². The van der Waals surface area contributed by atoms with E-state index >= 15 is 0 Å². The number of aryl methyl sites for hydroxylation is 2. The highest BCUT2D eigenvalue weighted by Crippen LogP contribution is 2.27. The Morgan fingerprint density at radius 1 is 1.31 bits per heavy atom. The van der Waals surface area contributed by atoms with Crippen LogP contribution >= 0.6 is 11.3 Å². The molecule has 9 nitrogen and oxygen atoms in total. The van der Waals surface area contributed by atoms with Crippen molar-refractivity contribution in [3.63, 3.8) is 0 Å². The van der Waals surface area contributed by atoms with Crippen molar-refractivity contribution >= 4 is 39.5 Å². The molecule has 1 atom stereocenters. The molecular formula is C16H20N4O5S. The Morgan fingerprint density at radius 2 is 2.00 bits per heavy atom. The van der Waals surface area contributed by atoms with E-state index < -0.39 is 24.5 Å². The minimum Gasteiger partial charge on any atom is -0.451 e. The van der Waals surface area contributed by atoms with Crippen molar-refractivity contribution in [2.45, 2.75) is 40.2 Å². The second-order valence-corrected chi connectivity index (χ2v) is 6.79. The number of thiophene rings is 1. The first-order chi connectivity index (χ1) is 12.2. The molecule has 140 valence electrons. The third-order valence-corrected chi connectivity index (χ3v) is 4.85. The summed E-state index contributed by atoms with van der Waals surface area (Å²) in [5, 5.41) is 4.97. The van der Waals surface area contributed by atoms with E-state index in [2.05, 4.69) is 20.6 Å². The Kier molecular flexibility index (Phi) is 6.09. The standard InChI is InChI=1S/C16H20N4O5S/c1-5-7(2)17-16(24)20-10(21)6-25-15(23)12-8(3)11-13(22)18-9(4)19-14(11)26-12/h7H,5-6H2,1-4H3,(H,18,19,22)(H2,17,20,21,24)/t7-/m0/s1. The number of amides is 3. The number of fused-ring (bicyclic) bond motifs is 1. The van der Waals surface area contributed by atoms with Crippen LogP contribution in [0.4, 0.5) is 4.79 Å². The maximum absolute atomic E-state index is 12.2. The minimum atomic E-state index is -0.750. The third-order valence-electron chi connectivity index (χ3n) is 3.68. The van der Waals surface area contributed by atoms with E-state index in [1.165, 1.54) is 0 Å². The number of nitrogens with zero attached hydrogens (tertiary/aromatic N) is 1. The normalized spacial score (nSPS) is 11.8. The second kappa shape index (κ2) is 8.09. The number of carbonyl (C=O) groups is 3. The lowest BCUT2D eigenvalue weighted by Gasteiger charge is -2.11. The molecule has 26 heavy (non-hydrogen) atoms. The maximum Gasteiger partial charge on any atom is 0.349 e. The molecular weight excluding hydrogens is 360 g/mol. The number of rotatable bonds is 5. The molecule has 2 rings (SSSR count). The van der Waals surface area contributed by atoms with Crippen LogP contribution in [-0.4, -0.2) is 40.5 Å². The van der Waals surface area contributed by atoms with Crippen LogP contribution in [0, 0.1) is 13.8 Å². The van der Waals surface area contributed by atoms with Crippen molar-refractivity contribution in [1.29, 1.82) is 0 Å². The van der Waals surface area contributed by atoms with Gasteiger partial charge in [-0.25, -0.2) is 14.6 Å². The summed E-state index contributed by atoms with van der Waals surface area (Å²) in [6.45, 7) is 6.34. The largest absolute Gasteiger partial charge is 0.451 e.